The van der Waals surface area contributed by atoms with Crippen LogP contribution in [-0.2, 0) is 30.4 Å². The van der Waals surface area contributed by atoms with Gasteiger partial charge in [-0.2, -0.15) is 0 Å². The van der Waals surface area contributed by atoms with E-state index in [0.29, 0.717) is 5.56 Å². The van der Waals surface area contributed by atoms with Crippen molar-refractivity contribution >= 4 is 30.4 Å². The average molecular weight is 713 g/mol. The largest absolute Gasteiger partial charge is 0.756 e. The number of carbonyl (C=O) groups is 1. The zero-order valence-corrected chi connectivity index (χ0v) is 27.2. The molecule has 4 rings (SSSR count). The fourth-order valence-corrected chi connectivity index (χ4v) is 4.24. The summed E-state index contributed by atoms with van der Waals surface area (Å²) in [6.07, 6.45) is 0. The van der Waals surface area contributed by atoms with Gasteiger partial charge < -0.3 is 56.5 Å². The minimum atomic E-state index is -4.89. The normalized spacial score (nSPS) is 10.2. The maximum atomic E-state index is 12.6. The Morgan fingerprint density at radius 1 is 0.977 bits per heavy atom. The maximum absolute atomic E-state index is 12.6. The SMILES string of the molecule is CCNc1cc2oc3cc(=[NH+]CC)c(C)cc-3c(-c3ccccc3C(=O)OC)c2cc1C.O.O.O.O.O.O=P([O-])(O)O.[Mo]. The molecule has 0 bridgehead atoms. The molecule has 0 amide bonds. The molecule has 16 heteroatoms. The van der Waals surface area contributed by atoms with E-state index in [1.165, 1.54) is 7.11 Å². The second-order valence-corrected chi connectivity index (χ2v) is 9.37. The van der Waals surface area contributed by atoms with Crippen molar-refractivity contribution in [1.29, 1.82) is 0 Å². The number of rotatable bonds is 5. The number of aryl methyl sites for hydroxylation is 2. The van der Waals surface area contributed by atoms with E-state index in [-0.39, 0.29) is 54.4 Å². The Hall–Kier alpha value is -3.00. The minimum absolute atomic E-state index is 0. The molecule has 0 radical (unpaired) electrons. The average Bonchev–Trinajstić information content (AvgIpc) is 2.83. The molecule has 2 aliphatic rings. The van der Waals surface area contributed by atoms with Gasteiger partial charge in [0.05, 0.1) is 18.7 Å². The Kier molecular flexibility index (Phi) is 21.9. The molecule has 43 heavy (non-hydrogen) atoms. The van der Waals surface area contributed by atoms with Crippen LogP contribution in [0.15, 0.2) is 52.9 Å². The molecule has 0 saturated carbocycles. The molecule has 2 aromatic rings. The fourth-order valence-electron chi connectivity index (χ4n) is 4.24. The number of ether oxygens (including phenoxy) is 1. The first-order chi connectivity index (χ1) is 17.5. The number of esters is 1. The van der Waals surface area contributed by atoms with Crippen LogP contribution in [0, 0.1) is 13.8 Å². The molecule has 1 aliphatic heterocycles. The van der Waals surface area contributed by atoms with Gasteiger partial charge in [-0.25, -0.2) is 9.79 Å². The Bertz CT molecular complexity index is 1530. The second kappa shape index (κ2) is 20.0. The number of hydrogen-bond donors (Lipinski definition) is 4. The molecular formula is C27H41MoN2O12P. The molecule has 2 aromatic carbocycles. The standard InChI is InChI=1S/C27H28N2O3.Mo.H3O4P.5H2O/c1-6-28-22-14-24-20(12-16(22)3)26(18-10-8-9-11-19(18)27(30)31-5)21-13-17(4)23(29-7-2)15-25(21)32-24;;1-5(2,3)4;;;;;/h8-15,28H,6-7H2,1-5H3;;(H3,1,2,3,4);5*1H2. The number of carbonyl (C=O) groups excluding carboxylic acids is 1. The molecule has 242 valence electrons. The van der Waals surface area contributed by atoms with Crippen LogP contribution in [0.1, 0.15) is 35.3 Å². The number of nitrogens with one attached hydrogen (secondary N) is 2. The van der Waals surface area contributed by atoms with Gasteiger partial charge in [-0.3, -0.25) is 4.57 Å². The minimum Gasteiger partial charge on any atom is -0.756 e. The third-order valence-corrected chi connectivity index (χ3v) is 5.75. The predicted octanol–water partition coefficient (Wildman–Crippen LogP) is -1.65. The Balaban J connectivity index is -0.000000641. The summed E-state index contributed by atoms with van der Waals surface area (Å²) in [4.78, 5) is 39.0. The molecular weight excluding hydrogens is 671 g/mol. The number of benzene rings is 3. The van der Waals surface area contributed by atoms with Crippen LogP contribution in [0.4, 0.5) is 5.69 Å². The molecule has 0 spiro atoms. The monoisotopic (exact) mass is 714 g/mol. The van der Waals surface area contributed by atoms with E-state index in [2.05, 4.69) is 50.1 Å². The van der Waals surface area contributed by atoms with Crippen LogP contribution in [0.5, 0.6) is 0 Å². The van der Waals surface area contributed by atoms with Crippen molar-refractivity contribution in [2.24, 2.45) is 0 Å². The van der Waals surface area contributed by atoms with E-state index in [4.69, 9.17) is 28.4 Å². The van der Waals surface area contributed by atoms with Gasteiger partial charge >= 0.3 is 5.97 Å². The van der Waals surface area contributed by atoms with Crippen molar-refractivity contribution in [3.63, 3.8) is 0 Å². The van der Waals surface area contributed by atoms with Gasteiger partial charge in [0.2, 0.25) is 5.36 Å². The molecule has 14 nitrogen and oxygen atoms in total. The number of phosphoric acid groups is 1. The summed E-state index contributed by atoms with van der Waals surface area (Å²) in [7, 11) is -3.48. The number of anilines is 1. The smallest absolute Gasteiger partial charge is 0.338 e. The van der Waals surface area contributed by atoms with Crippen LogP contribution < -0.4 is 20.6 Å². The third kappa shape index (κ3) is 11.5. The molecule has 0 aromatic heterocycles. The van der Waals surface area contributed by atoms with Crippen LogP contribution in [0.25, 0.3) is 33.4 Å². The Labute approximate surface area is 262 Å². The van der Waals surface area contributed by atoms with Gasteiger partial charge in [0, 0.05) is 61.4 Å². The van der Waals surface area contributed by atoms with E-state index < -0.39 is 7.82 Å². The first-order valence-corrected chi connectivity index (χ1v) is 13.3. The summed E-state index contributed by atoms with van der Waals surface area (Å²) in [6.45, 7) is 9.95. The molecule has 0 fully saturated rings. The summed E-state index contributed by atoms with van der Waals surface area (Å²) in [5.41, 5.74) is 7.33. The van der Waals surface area contributed by atoms with Crippen molar-refractivity contribution in [2.45, 2.75) is 27.7 Å². The van der Waals surface area contributed by atoms with Gasteiger partial charge in [0.1, 0.15) is 17.9 Å². The van der Waals surface area contributed by atoms with Crippen LogP contribution in [0.3, 0.4) is 0 Å². The second-order valence-electron chi connectivity index (χ2n) is 8.39. The third-order valence-electron chi connectivity index (χ3n) is 5.75. The van der Waals surface area contributed by atoms with Gasteiger partial charge in [-0.15, -0.1) is 0 Å². The van der Waals surface area contributed by atoms with E-state index >= 15 is 0 Å². The van der Waals surface area contributed by atoms with E-state index in [1.54, 1.807) is 0 Å². The Morgan fingerprint density at radius 2 is 1.56 bits per heavy atom. The number of hydrogen-bond acceptors (Lipinski definition) is 6. The quantitative estimate of drug-likeness (QED) is 0.0803. The number of fused-ring (bicyclic) bond motifs is 2. The molecule has 0 saturated heterocycles. The van der Waals surface area contributed by atoms with Crippen LogP contribution >= 0.6 is 7.82 Å². The summed E-state index contributed by atoms with van der Waals surface area (Å²) < 4.78 is 20.3. The van der Waals surface area contributed by atoms with Crippen molar-refractivity contribution < 1.29 is 86.6 Å². The van der Waals surface area contributed by atoms with Gasteiger partial charge in [0.15, 0.2) is 0 Å². The zero-order chi connectivity index (χ0) is 27.3. The summed E-state index contributed by atoms with van der Waals surface area (Å²) >= 11 is 0. The first-order valence-electron chi connectivity index (χ1n) is 11.7. The Morgan fingerprint density at radius 3 is 2.09 bits per heavy atom. The van der Waals surface area contributed by atoms with Gasteiger partial charge in [-0.1, -0.05) is 18.2 Å². The van der Waals surface area contributed by atoms with E-state index in [1.807, 2.05) is 36.4 Å². The maximum Gasteiger partial charge on any atom is 0.338 e. The summed E-state index contributed by atoms with van der Waals surface area (Å²) in [5.74, 6) is 0.407. The predicted molar refractivity (Wildman–Crippen MR) is 158 cm³/mol. The zero-order valence-electron chi connectivity index (χ0n) is 24.3. The fraction of sp³-hybridized carbons (Fsp3) is 0.259. The van der Waals surface area contributed by atoms with E-state index in [9.17, 15) is 4.79 Å². The number of methoxy groups -OCH3 is 1. The molecule has 14 N–H and O–H groups in total. The molecule has 0 atom stereocenters. The van der Waals surface area contributed by atoms with Crippen LogP contribution in [0.2, 0.25) is 0 Å². The van der Waals surface area contributed by atoms with Crippen molar-refractivity contribution in [2.75, 3.05) is 25.5 Å². The molecule has 1 aliphatic carbocycles. The van der Waals surface area contributed by atoms with Crippen molar-refractivity contribution in [1.82, 2.24) is 0 Å². The van der Waals surface area contributed by atoms with Crippen LogP contribution in [-0.4, -0.2) is 63.3 Å². The van der Waals surface area contributed by atoms with E-state index in [0.717, 1.165) is 68.7 Å². The summed E-state index contributed by atoms with van der Waals surface area (Å²) in [5, 5.41) is 5.41. The molecule has 0 unspecified atom stereocenters. The van der Waals surface area contributed by atoms with Crippen molar-refractivity contribution in [3.8, 4) is 22.5 Å². The first kappa shape index (κ1) is 46.9. The molecule has 1 heterocycles. The van der Waals surface area contributed by atoms with Crippen molar-refractivity contribution in [3.05, 3.63) is 70.6 Å². The topological polar surface area (TPSA) is 304 Å². The van der Waals surface area contributed by atoms with Gasteiger partial charge in [-0.05, 0) is 57.0 Å². The summed E-state index contributed by atoms with van der Waals surface area (Å²) in [6, 6.07) is 15.9. The van der Waals surface area contributed by atoms with Gasteiger partial charge in [0.25, 0.3) is 7.82 Å².